The number of aromatic nitrogens is 3. The van der Waals surface area contributed by atoms with Crippen molar-refractivity contribution in [3.05, 3.63) is 54.6 Å². The Kier molecular flexibility index (Phi) is 3.16. The quantitative estimate of drug-likeness (QED) is 0.784. The number of nitrogens with one attached hydrogen (secondary N) is 1. The summed E-state index contributed by atoms with van der Waals surface area (Å²) >= 11 is 0. The van der Waals surface area contributed by atoms with E-state index in [-0.39, 0.29) is 5.75 Å². The highest BCUT2D eigenvalue weighted by molar-refractivity contribution is 7.92. The number of aryl methyl sites for hydroxylation is 1. The van der Waals surface area contributed by atoms with Crippen molar-refractivity contribution >= 4 is 15.8 Å². The Hall–Kier alpha value is -2.67. The minimum absolute atomic E-state index is 0.0236. The van der Waals surface area contributed by atoms with Crippen LogP contribution in [0.5, 0.6) is 0 Å². The molecule has 23 heavy (non-hydrogen) atoms. The van der Waals surface area contributed by atoms with Crippen molar-refractivity contribution in [3.63, 3.8) is 0 Å². The molecule has 1 N–H and O–H groups in total. The lowest BCUT2D eigenvalue weighted by molar-refractivity contribution is 0.570. The molecule has 0 amide bonds. The number of fused-ring (bicyclic) bond motifs is 1. The first-order valence-electron chi connectivity index (χ1n) is 7.22. The lowest BCUT2D eigenvalue weighted by Crippen LogP contribution is -2.28. The molecule has 0 bridgehead atoms. The van der Waals surface area contributed by atoms with Crippen LogP contribution in [-0.2, 0) is 16.6 Å². The van der Waals surface area contributed by atoms with Gasteiger partial charge >= 0.3 is 0 Å². The average Bonchev–Trinajstić information content (AvgIpc) is 2.97. The predicted molar refractivity (Wildman–Crippen MR) is 88.3 cm³/mol. The summed E-state index contributed by atoms with van der Waals surface area (Å²) in [7, 11) is -3.30. The Balaban J connectivity index is 1.72. The first kappa shape index (κ1) is 14.0. The minimum Gasteiger partial charge on any atom is -0.266 e. The molecular weight excluding hydrogens is 312 g/mol. The van der Waals surface area contributed by atoms with E-state index < -0.39 is 10.0 Å². The van der Waals surface area contributed by atoms with Gasteiger partial charge in [-0.2, -0.15) is 0 Å². The fourth-order valence-corrected chi connectivity index (χ4v) is 3.63. The lowest BCUT2D eigenvalue weighted by atomic mass is 10.0. The third-order valence-corrected chi connectivity index (χ3v) is 5.05. The smallest absolute Gasteiger partial charge is 0.235 e. The van der Waals surface area contributed by atoms with E-state index in [1.165, 1.54) is 0 Å². The van der Waals surface area contributed by atoms with Gasteiger partial charge in [-0.3, -0.25) is 4.72 Å². The van der Waals surface area contributed by atoms with Gasteiger partial charge in [0.25, 0.3) is 0 Å². The van der Waals surface area contributed by atoms with Gasteiger partial charge in [-0.1, -0.05) is 59.8 Å². The maximum atomic E-state index is 11.8. The van der Waals surface area contributed by atoms with Crippen molar-refractivity contribution in [3.8, 4) is 22.4 Å². The molecule has 0 unspecified atom stereocenters. The molecule has 1 aliphatic heterocycles. The van der Waals surface area contributed by atoms with Crippen LogP contribution < -0.4 is 4.72 Å². The van der Waals surface area contributed by atoms with E-state index in [2.05, 4.69) is 15.0 Å². The normalized spacial score (nSPS) is 15.7. The monoisotopic (exact) mass is 326 g/mol. The molecule has 0 aliphatic carbocycles. The number of nitrogens with zero attached hydrogens (tertiary/aromatic N) is 3. The van der Waals surface area contributed by atoms with Crippen LogP contribution in [0.1, 0.15) is 0 Å². The zero-order valence-corrected chi connectivity index (χ0v) is 13.0. The maximum absolute atomic E-state index is 11.8. The third-order valence-electron chi connectivity index (χ3n) is 3.82. The Morgan fingerprint density at radius 2 is 1.57 bits per heavy atom. The summed E-state index contributed by atoms with van der Waals surface area (Å²) in [6, 6.07) is 17.9. The number of hydrogen-bond donors (Lipinski definition) is 1. The molecule has 0 saturated carbocycles. The molecule has 116 valence electrons. The summed E-state index contributed by atoms with van der Waals surface area (Å²) < 4.78 is 27.6. The minimum atomic E-state index is -3.30. The second-order valence-corrected chi connectivity index (χ2v) is 7.22. The fourth-order valence-electron chi connectivity index (χ4n) is 2.62. The number of anilines is 1. The van der Waals surface area contributed by atoms with E-state index in [0.29, 0.717) is 18.1 Å². The summed E-state index contributed by atoms with van der Waals surface area (Å²) in [4.78, 5) is 0. The van der Waals surface area contributed by atoms with Crippen LogP contribution in [0.2, 0.25) is 0 Å². The maximum Gasteiger partial charge on any atom is 0.235 e. The summed E-state index contributed by atoms with van der Waals surface area (Å²) in [5.41, 5.74) is 3.60. The third kappa shape index (κ3) is 2.59. The van der Waals surface area contributed by atoms with Crippen LogP contribution in [0.4, 0.5) is 5.82 Å². The summed E-state index contributed by atoms with van der Waals surface area (Å²) in [5.74, 6) is 0.458. The SMILES string of the molecule is O=S1(=O)CCn2nnc(-c3ccc(-c4ccccc4)cc3)c2N1. The van der Waals surface area contributed by atoms with E-state index in [1.807, 2.05) is 54.6 Å². The Bertz CT molecular complexity index is 948. The van der Waals surface area contributed by atoms with Crippen LogP contribution in [0.15, 0.2) is 54.6 Å². The van der Waals surface area contributed by atoms with Crippen molar-refractivity contribution in [2.45, 2.75) is 6.54 Å². The molecule has 0 spiro atoms. The molecule has 0 atom stereocenters. The molecule has 0 fully saturated rings. The molecule has 7 heteroatoms. The highest BCUT2D eigenvalue weighted by Crippen LogP contribution is 2.30. The Labute approximate surface area is 133 Å². The highest BCUT2D eigenvalue weighted by Gasteiger charge is 2.25. The average molecular weight is 326 g/mol. The zero-order chi connectivity index (χ0) is 15.9. The number of benzene rings is 2. The van der Waals surface area contributed by atoms with E-state index in [1.54, 1.807) is 4.68 Å². The van der Waals surface area contributed by atoms with Gasteiger partial charge in [0.05, 0.1) is 12.3 Å². The summed E-state index contributed by atoms with van der Waals surface area (Å²) in [5, 5.41) is 8.14. The van der Waals surface area contributed by atoms with Crippen molar-refractivity contribution in [2.75, 3.05) is 10.5 Å². The summed E-state index contributed by atoms with van der Waals surface area (Å²) in [6.07, 6.45) is 0. The van der Waals surface area contributed by atoms with Crippen LogP contribution in [0.3, 0.4) is 0 Å². The summed E-state index contributed by atoms with van der Waals surface area (Å²) in [6.45, 7) is 0.319. The fraction of sp³-hybridized carbons (Fsp3) is 0.125. The van der Waals surface area contributed by atoms with Gasteiger partial charge in [-0.25, -0.2) is 13.1 Å². The first-order chi connectivity index (χ1) is 11.1. The predicted octanol–water partition coefficient (Wildman–Crippen LogP) is 2.37. The molecule has 6 nitrogen and oxygen atoms in total. The van der Waals surface area contributed by atoms with Gasteiger partial charge < -0.3 is 0 Å². The van der Waals surface area contributed by atoms with E-state index in [0.717, 1.165) is 16.7 Å². The van der Waals surface area contributed by atoms with Gasteiger partial charge in [0.1, 0.15) is 5.69 Å². The number of rotatable bonds is 2. The topological polar surface area (TPSA) is 76.9 Å². The van der Waals surface area contributed by atoms with E-state index >= 15 is 0 Å². The lowest BCUT2D eigenvalue weighted by Gasteiger charge is -2.16. The van der Waals surface area contributed by atoms with Gasteiger partial charge in [0, 0.05) is 5.56 Å². The van der Waals surface area contributed by atoms with Crippen molar-refractivity contribution < 1.29 is 8.42 Å². The van der Waals surface area contributed by atoms with Crippen molar-refractivity contribution in [1.29, 1.82) is 0 Å². The second-order valence-electron chi connectivity index (χ2n) is 5.37. The van der Waals surface area contributed by atoms with Crippen LogP contribution >= 0.6 is 0 Å². The van der Waals surface area contributed by atoms with E-state index in [9.17, 15) is 8.42 Å². The molecule has 1 aromatic heterocycles. The largest absolute Gasteiger partial charge is 0.266 e. The molecule has 0 radical (unpaired) electrons. The molecule has 4 rings (SSSR count). The molecule has 2 aromatic carbocycles. The Morgan fingerprint density at radius 3 is 2.30 bits per heavy atom. The standard InChI is InChI=1S/C16H14N4O2S/c21-23(22)11-10-20-16(18-23)15(17-19-20)14-8-6-13(7-9-14)12-4-2-1-3-5-12/h1-9,18H,10-11H2. The number of sulfonamides is 1. The second kappa shape index (κ2) is 5.20. The van der Waals surface area contributed by atoms with Gasteiger partial charge in [0.2, 0.25) is 10.0 Å². The highest BCUT2D eigenvalue weighted by atomic mass is 32.2. The Morgan fingerprint density at radius 1 is 0.913 bits per heavy atom. The first-order valence-corrected chi connectivity index (χ1v) is 8.87. The van der Waals surface area contributed by atoms with E-state index in [4.69, 9.17) is 0 Å². The zero-order valence-electron chi connectivity index (χ0n) is 12.2. The van der Waals surface area contributed by atoms with Crippen LogP contribution in [0, 0.1) is 0 Å². The van der Waals surface area contributed by atoms with Crippen molar-refractivity contribution in [2.24, 2.45) is 0 Å². The molecule has 2 heterocycles. The van der Waals surface area contributed by atoms with Gasteiger partial charge in [-0.15, -0.1) is 5.10 Å². The number of hydrogen-bond acceptors (Lipinski definition) is 4. The molecule has 1 aliphatic rings. The molecule has 3 aromatic rings. The van der Waals surface area contributed by atoms with Gasteiger partial charge in [-0.05, 0) is 11.1 Å². The van der Waals surface area contributed by atoms with Crippen molar-refractivity contribution in [1.82, 2.24) is 15.0 Å². The molecule has 0 saturated heterocycles. The van der Waals surface area contributed by atoms with Crippen LogP contribution in [0.25, 0.3) is 22.4 Å². The molecular formula is C16H14N4O2S. The van der Waals surface area contributed by atoms with Crippen LogP contribution in [-0.4, -0.2) is 29.2 Å². The van der Waals surface area contributed by atoms with Gasteiger partial charge in [0.15, 0.2) is 5.82 Å².